The number of rotatable bonds is 3. The summed E-state index contributed by atoms with van der Waals surface area (Å²) in [5, 5.41) is 0.599. The van der Waals surface area contributed by atoms with Crippen LogP contribution in [-0.2, 0) is 14.6 Å². The molecule has 0 fully saturated rings. The number of ether oxygens (including phenoxy) is 1. The van der Waals surface area contributed by atoms with Crippen LogP contribution in [0.5, 0.6) is 5.75 Å². The smallest absolute Gasteiger partial charge is 0.332 e. The van der Waals surface area contributed by atoms with Crippen molar-refractivity contribution in [1.82, 2.24) is 0 Å². The molecule has 0 radical (unpaired) electrons. The van der Waals surface area contributed by atoms with Gasteiger partial charge in [0.05, 0.1) is 0 Å². The van der Waals surface area contributed by atoms with E-state index in [1.807, 2.05) is 0 Å². The molecule has 0 saturated heterocycles. The third kappa shape index (κ3) is 3.28. The van der Waals surface area contributed by atoms with Crippen molar-refractivity contribution < 1.29 is 17.9 Å². The van der Waals surface area contributed by atoms with Crippen LogP contribution in [0.1, 0.15) is 25.0 Å². The highest BCUT2D eigenvalue weighted by molar-refractivity contribution is 7.92. The molecule has 1 aromatic rings. The number of esters is 1. The maximum atomic E-state index is 12.0. The Morgan fingerprint density at radius 1 is 1.21 bits per heavy atom. The van der Waals surface area contributed by atoms with Gasteiger partial charge in [-0.15, -0.1) is 0 Å². The highest BCUT2D eigenvalue weighted by Gasteiger charge is 2.40. The van der Waals surface area contributed by atoms with Gasteiger partial charge in [-0.3, -0.25) is 0 Å². The lowest BCUT2D eigenvalue weighted by Gasteiger charge is -2.20. The molecular weight excluding hydrogens is 288 g/mol. The lowest BCUT2D eigenvalue weighted by Crippen LogP contribution is -2.42. The number of benzene rings is 1. The molecule has 0 aromatic heterocycles. The van der Waals surface area contributed by atoms with Gasteiger partial charge in [-0.1, -0.05) is 11.6 Å². The molecule has 0 aliphatic heterocycles. The summed E-state index contributed by atoms with van der Waals surface area (Å²) in [6.45, 7) is 6.21. The Hall–Kier alpha value is -1.07. The summed E-state index contributed by atoms with van der Waals surface area (Å²) in [7, 11) is -3.55. The van der Waals surface area contributed by atoms with Crippen LogP contribution in [0.3, 0.4) is 0 Å². The van der Waals surface area contributed by atoms with E-state index in [0.717, 1.165) is 17.4 Å². The number of hydrogen-bond donors (Lipinski definition) is 0. The summed E-state index contributed by atoms with van der Waals surface area (Å²) >= 11 is 6.01. The van der Waals surface area contributed by atoms with Gasteiger partial charge >= 0.3 is 5.97 Å². The van der Waals surface area contributed by atoms with Crippen LogP contribution in [0.2, 0.25) is 5.02 Å². The first-order valence-electron chi connectivity index (χ1n) is 5.65. The molecule has 0 atom stereocenters. The third-order valence-electron chi connectivity index (χ3n) is 3.04. The Bertz CT molecular complexity index is 595. The van der Waals surface area contributed by atoms with E-state index in [9.17, 15) is 13.2 Å². The van der Waals surface area contributed by atoms with Crippen LogP contribution in [0.4, 0.5) is 0 Å². The number of aryl methyl sites for hydroxylation is 2. The normalized spacial score (nSPS) is 12.3. The van der Waals surface area contributed by atoms with Gasteiger partial charge in [0.15, 0.2) is 14.6 Å². The van der Waals surface area contributed by atoms with Gasteiger partial charge < -0.3 is 4.74 Å². The first kappa shape index (κ1) is 16.0. The zero-order chi connectivity index (χ0) is 15.0. The fourth-order valence-corrected chi connectivity index (χ4v) is 1.80. The molecule has 0 unspecified atom stereocenters. The Kier molecular flexibility index (Phi) is 4.32. The topological polar surface area (TPSA) is 60.4 Å². The molecule has 1 rings (SSSR count). The van der Waals surface area contributed by atoms with Crippen molar-refractivity contribution in [1.29, 1.82) is 0 Å². The molecule has 106 valence electrons. The SMILES string of the molecule is Cc1cc(OC(=O)C(C)(C)S(C)(=O)=O)cc(C)c1Cl. The van der Waals surface area contributed by atoms with Crippen molar-refractivity contribution in [3.63, 3.8) is 0 Å². The van der Waals surface area contributed by atoms with Crippen LogP contribution in [0.25, 0.3) is 0 Å². The lowest BCUT2D eigenvalue weighted by molar-refractivity contribution is -0.136. The van der Waals surface area contributed by atoms with E-state index in [1.54, 1.807) is 26.0 Å². The van der Waals surface area contributed by atoms with Crippen molar-refractivity contribution in [3.8, 4) is 5.75 Å². The van der Waals surface area contributed by atoms with Gasteiger partial charge in [0.1, 0.15) is 5.75 Å². The predicted octanol–water partition coefficient (Wildman–Crippen LogP) is 2.69. The Labute approximate surface area is 118 Å². The summed E-state index contributed by atoms with van der Waals surface area (Å²) in [6.07, 6.45) is 1.01. The summed E-state index contributed by atoms with van der Waals surface area (Å²) in [6, 6.07) is 3.21. The molecule has 0 saturated carbocycles. The van der Waals surface area contributed by atoms with Gasteiger partial charge in [-0.25, -0.2) is 13.2 Å². The fraction of sp³-hybridized carbons (Fsp3) is 0.462. The first-order valence-corrected chi connectivity index (χ1v) is 7.92. The monoisotopic (exact) mass is 304 g/mol. The van der Waals surface area contributed by atoms with E-state index in [4.69, 9.17) is 16.3 Å². The molecule has 0 spiro atoms. The molecule has 0 N–H and O–H groups in total. The minimum atomic E-state index is -3.55. The minimum absolute atomic E-state index is 0.293. The predicted molar refractivity (Wildman–Crippen MR) is 75.5 cm³/mol. The van der Waals surface area contributed by atoms with Gasteiger partial charge in [0.2, 0.25) is 0 Å². The van der Waals surface area contributed by atoms with E-state index in [0.29, 0.717) is 10.8 Å². The zero-order valence-corrected chi connectivity index (χ0v) is 13.1. The largest absolute Gasteiger partial charge is 0.425 e. The van der Waals surface area contributed by atoms with Crippen molar-refractivity contribution in [2.75, 3.05) is 6.26 Å². The maximum Gasteiger partial charge on any atom is 0.332 e. The third-order valence-corrected chi connectivity index (χ3v) is 5.66. The van der Waals surface area contributed by atoms with Crippen LogP contribution < -0.4 is 4.74 Å². The zero-order valence-electron chi connectivity index (χ0n) is 11.6. The number of halogens is 1. The van der Waals surface area contributed by atoms with E-state index < -0.39 is 20.6 Å². The standard InChI is InChI=1S/C13H17ClO4S/c1-8-6-10(7-9(2)11(8)14)18-12(15)13(3,4)19(5,16)17/h6-7H,1-5H3. The highest BCUT2D eigenvalue weighted by atomic mass is 35.5. The van der Waals surface area contributed by atoms with Crippen LogP contribution in [-0.4, -0.2) is 25.4 Å². The quantitative estimate of drug-likeness (QED) is 0.636. The van der Waals surface area contributed by atoms with E-state index in [1.165, 1.54) is 13.8 Å². The van der Waals surface area contributed by atoms with Crippen molar-refractivity contribution in [3.05, 3.63) is 28.3 Å². The number of carbonyl (C=O) groups excluding carboxylic acids is 1. The highest BCUT2D eigenvalue weighted by Crippen LogP contribution is 2.27. The first-order chi connectivity index (χ1) is 8.46. The molecule has 19 heavy (non-hydrogen) atoms. The molecular formula is C13H17ClO4S. The molecule has 1 aromatic carbocycles. The second-order valence-electron chi connectivity index (χ2n) is 5.04. The van der Waals surface area contributed by atoms with Crippen LogP contribution in [0, 0.1) is 13.8 Å². The number of carbonyl (C=O) groups is 1. The Balaban J connectivity index is 3.08. The number of hydrogen-bond acceptors (Lipinski definition) is 4. The lowest BCUT2D eigenvalue weighted by atomic mass is 10.1. The maximum absolute atomic E-state index is 12.0. The van der Waals surface area contributed by atoms with E-state index in [-0.39, 0.29) is 0 Å². The summed E-state index contributed by atoms with van der Waals surface area (Å²) < 4.78 is 26.7. The molecule has 0 aliphatic carbocycles. The average Bonchev–Trinajstić information content (AvgIpc) is 2.24. The van der Waals surface area contributed by atoms with Crippen LogP contribution >= 0.6 is 11.6 Å². The Morgan fingerprint density at radius 3 is 2.00 bits per heavy atom. The molecule has 0 amide bonds. The second-order valence-corrected chi connectivity index (χ2v) is 7.99. The summed E-state index contributed by atoms with van der Waals surface area (Å²) in [4.78, 5) is 12.0. The summed E-state index contributed by atoms with van der Waals surface area (Å²) in [5.41, 5.74) is 1.53. The van der Waals surface area contributed by atoms with Crippen molar-refractivity contribution >= 4 is 27.4 Å². The molecule has 0 heterocycles. The van der Waals surface area contributed by atoms with Crippen molar-refractivity contribution in [2.45, 2.75) is 32.4 Å². The number of sulfone groups is 1. The molecule has 0 bridgehead atoms. The van der Waals surface area contributed by atoms with Gasteiger partial charge in [-0.2, -0.15) is 0 Å². The fourth-order valence-electron chi connectivity index (χ4n) is 1.35. The van der Waals surface area contributed by atoms with Crippen LogP contribution in [0.15, 0.2) is 12.1 Å². The minimum Gasteiger partial charge on any atom is -0.425 e. The summed E-state index contributed by atoms with van der Waals surface area (Å²) in [5.74, 6) is -0.516. The van der Waals surface area contributed by atoms with Crippen molar-refractivity contribution in [2.24, 2.45) is 0 Å². The van der Waals surface area contributed by atoms with Gasteiger partial charge in [-0.05, 0) is 51.0 Å². The molecule has 0 aliphatic rings. The van der Waals surface area contributed by atoms with Gasteiger partial charge in [0, 0.05) is 11.3 Å². The second kappa shape index (κ2) is 5.13. The molecule has 4 nitrogen and oxygen atoms in total. The van der Waals surface area contributed by atoms with Gasteiger partial charge in [0.25, 0.3) is 0 Å². The average molecular weight is 305 g/mol. The Morgan fingerprint density at radius 2 is 1.63 bits per heavy atom. The van der Waals surface area contributed by atoms with E-state index in [2.05, 4.69) is 0 Å². The van der Waals surface area contributed by atoms with E-state index >= 15 is 0 Å². The molecule has 6 heteroatoms.